The third-order valence-electron chi connectivity index (χ3n) is 3.49. The Balaban J connectivity index is 1.96. The molecule has 3 nitrogen and oxygen atoms in total. The highest BCUT2D eigenvalue weighted by Crippen LogP contribution is 2.43. The van der Waals surface area contributed by atoms with Crippen LogP contribution in [-0.4, -0.2) is 17.0 Å². The van der Waals surface area contributed by atoms with Gasteiger partial charge in [0.2, 0.25) is 0 Å². The maximum Gasteiger partial charge on any atom is 0.144 e. The molecular weight excluding hydrogens is 357 g/mol. The highest BCUT2D eigenvalue weighted by Gasteiger charge is 2.29. The van der Waals surface area contributed by atoms with Gasteiger partial charge >= 0.3 is 0 Å². The van der Waals surface area contributed by atoms with Crippen LogP contribution in [0, 0.1) is 5.82 Å². The smallest absolute Gasteiger partial charge is 0.144 e. The largest absolute Gasteiger partial charge is 0.372 e. The van der Waals surface area contributed by atoms with E-state index in [1.807, 2.05) is 7.05 Å². The molecule has 0 amide bonds. The quantitative estimate of drug-likeness (QED) is 0.858. The highest BCUT2D eigenvalue weighted by atomic mass is 79.9. The number of halogens is 3. The lowest BCUT2D eigenvalue weighted by Gasteiger charge is -2.11. The number of benzene rings is 1. The first-order chi connectivity index (χ1) is 10.1. The van der Waals surface area contributed by atoms with E-state index in [9.17, 15) is 4.39 Å². The second-order valence-electron chi connectivity index (χ2n) is 5.12. The van der Waals surface area contributed by atoms with Crippen LogP contribution in [0.2, 0.25) is 5.02 Å². The van der Waals surface area contributed by atoms with E-state index < -0.39 is 0 Å². The molecule has 0 saturated heterocycles. The highest BCUT2D eigenvalue weighted by molar-refractivity contribution is 9.10. The summed E-state index contributed by atoms with van der Waals surface area (Å²) in [7, 11) is 1.83. The Morgan fingerprint density at radius 3 is 2.76 bits per heavy atom. The van der Waals surface area contributed by atoms with Crippen LogP contribution in [0.4, 0.5) is 10.2 Å². The monoisotopic (exact) mass is 369 g/mol. The summed E-state index contributed by atoms with van der Waals surface area (Å²) in [5.74, 6) is 1.64. The molecule has 1 aromatic carbocycles. The van der Waals surface area contributed by atoms with Crippen LogP contribution < -0.4 is 5.32 Å². The number of hydrogen-bond acceptors (Lipinski definition) is 3. The fourth-order valence-corrected chi connectivity index (χ4v) is 3.15. The van der Waals surface area contributed by atoms with Crippen LogP contribution in [0.3, 0.4) is 0 Å². The average Bonchev–Trinajstić information content (AvgIpc) is 3.28. The van der Waals surface area contributed by atoms with E-state index in [0.29, 0.717) is 23.2 Å². The minimum Gasteiger partial charge on any atom is -0.372 e. The lowest BCUT2D eigenvalue weighted by atomic mass is 10.1. The van der Waals surface area contributed by atoms with Gasteiger partial charge in [-0.2, -0.15) is 0 Å². The van der Waals surface area contributed by atoms with E-state index in [-0.39, 0.29) is 5.82 Å². The Hall–Kier alpha value is -1.20. The molecule has 0 unspecified atom stereocenters. The van der Waals surface area contributed by atoms with E-state index in [2.05, 4.69) is 31.2 Å². The Morgan fingerprint density at radius 2 is 2.14 bits per heavy atom. The van der Waals surface area contributed by atoms with Gasteiger partial charge in [0.15, 0.2) is 0 Å². The van der Waals surface area contributed by atoms with E-state index in [0.717, 1.165) is 34.4 Å². The molecule has 1 heterocycles. The molecule has 1 aliphatic carbocycles. The van der Waals surface area contributed by atoms with Crippen LogP contribution in [0.15, 0.2) is 22.7 Å². The Labute approximate surface area is 136 Å². The minimum atomic E-state index is -0.338. The van der Waals surface area contributed by atoms with Crippen LogP contribution in [0.1, 0.15) is 35.8 Å². The van der Waals surface area contributed by atoms with Crippen LogP contribution in [-0.2, 0) is 6.42 Å². The molecular formula is C15H14BrClFN3. The van der Waals surface area contributed by atoms with Gasteiger partial charge in [-0.1, -0.05) is 17.7 Å². The summed E-state index contributed by atoms with van der Waals surface area (Å²) >= 11 is 9.64. The standard InChI is InChI=1S/C15H14BrClFN3/c1-19-15-13(16)14(8-2-3-8)20-12(21-15)6-9-4-5-10(18)7-11(9)17/h4-5,7-8H,2-3,6H2,1H3,(H,19,20,21). The number of aromatic nitrogens is 2. The van der Waals surface area contributed by atoms with Crippen molar-refractivity contribution in [3.8, 4) is 0 Å². The lowest BCUT2D eigenvalue weighted by molar-refractivity contribution is 0.627. The summed E-state index contributed by atoms with van der Waals surface area (Å²) < 4.78 is 14.0. The van der Waals surface area contributed by atoms with Crippen molar-refractivity contribution >= 4 is 33.3 Å². The maximum atomic E-state index is 13.1. The number of rotatable bonds is 4. The molecule has 0 spiro atoms. The Kier molecular flexibility index (Phi) is 4.13. The van der Waals surface area contributed by atoms with E-state index >= 15 is 0 Å². The molecule has 2 aromatic rings. The topological polar surface area (TPSA) is 37.8 Å². The molecule has 3 rings (SSSR count). The molecule has 0 aliphatic heterocycles. The fraction of sp³-hybridized carbons (Fsp3) is 0.333. The van der Waals surface area contributed by atoms with Crippen molar-refractivity contribution < 1.29 is 4.39 Å². The number of anilines is 1. The van der Waals surface area contributed by atoms with Gasteiger partial charge in [0.25, 0.3) is 0 Å². The summed E-state index contributed by atoms with van der Waals surface area (Å²) in [5, 5.41) is 3.48. The molecule has 6 heteroatoms. The van der Waals surface area contributed by atoms with Crippen molar-refractivity contribution in [3.05, 3.63) is 50.6 Å². The van der Waals surface area contributed by atoms with Gasteiger partial charge in [-0.3, -0.25) is 0 Å². The zero-order valence-corrected chi connectivity index (χ0v) is 13.8. The van der Waals surface area contributed by atoms with Crippen molar-refractivity contribution in [1.82, 2.24) is 9.97 Å². The van der Waals surface area contributed by atoms with Crippen molar-refractivity contribution in [2.75, 3.05) is 12.4 Å². The first-order valence-electron chi connectivity index (χ1n) is 6.76. The van der Waals surface area contributed by atoms with Gasteiger partial charge in [-0.05, 0) is 46.5 Å². The number of hydrogen-bond donors (Lipinski definition) is 1. The van der Waals surface area contributed by atoms with E-state index in [1.165, 1.54) is 12.1 Å². The Morgan fingerprint density at radius 1 is 1.38 bits per heavy atom. The van der Waals surface area contributed by atoms with Gasteiger partial charge in [0.1, 0.15) is 17.5 Å². The Bertz CT molecular complexity index is 689. The number of nitrogens with one attached hydrogen (secondary N) is 1. The first kappa shape index (κ1) is 14.7. The third-order valence-corrected chi connectivity index (χ3v) is 4.62. The summed E-state index contributed by atoms with van der Waals surface area (Å²) in [6.45, 7) is 0. The lowest BCUT2D eigenvalue weighted by Crippen LogP contribution is -2.06. The second-order valence-corrected chi connectivity index (χ2v) is 6.32. The summed E-state index contributed by atoms with van der Waals surface area (Å²) in [4.78, 5) is 9.15. The van der Waals surface area contributed by atoms with E-state index in [4.69, 9.17) is 11.6 Å². The summed E-state index contributed by atoms with van der Waals surface area (Å²) in [6.07, 6.45) is 2.81. The molecule has 110 valence electrons. The predicted octanol–water partition coefficient (Wildman–Crippen LogP) is 4.54. The second kappa shape index (κ2) is 5.89. The molecule has 0 bridgehead atoms. The zero-order valence-electron chi connectivity index (χ0n) is 11.5. The first-order valence-corrected chi connectivity index (χ1v) is 7.93. The van der Waals surface area contributed by atoms with Crippen LogP contribution in [0.5, 0.6) is 0 Å². The van der Waals surface area contributed by atoms with Crippen molar-refractivity contribution in [1.29, 1.82) is 0 Å². The molecule has 0 atom stereocenters. The molecule has 21 heavy (non-hydrogen) atoms. The molecule has 1 fully saturated rings. The van der Waals surface area contributed by atoms with Crippen molar-refractivity contribution in [3.63, 3.8) is 0 Å². The molecule has 1 saturated carbocycles. The molecule has 1 aromatic heterocycles. The average molecular weight is 371 g/mol. The SMILES string of the molecule is CNc1nc(Cc2ccc(F)cc2Cl)nc(C2CC2)c1Br. The summed E-state index contributed by atoms with van der Waals surface area (Å²) in [6, 6.07) is 4.40. The van der Waals surface area contributed by atoms with Gasteiger partial charge in [-0.15, -0.1) is 0 Å². The fourth-order valence-electron chi connectivity index (χ4n) is 2.22. The van der Waals surface area contributed by atoms with Crippen molar-refractivity contribution in [2.45, 2.75) is 25.2 Å². The van der Waals surface area contributed by atoms with Gasteiger partial charge in [-0.25, -0.2) is 14.4 Å². The minimum absolute atomic E-state index is 0.338. The maximum absolute atomic E-state index is 13.1. The summed E-state index contributed by atoms with van der Waals surface area (Å²) in [5.41, 5.74) is 1.87. The third kappa shape index (κ3) is 3.19. The normalized spacial score (nSPS) is 14.3. The zero-order chi connectivity index (χ0) is 15.0. The number of nitrogens with zero attached hydrogens (tertiary/aromatic N) is 2. The molecule has 0 radical (unpaired) electrons. The molecule has 1 aliphatic rings. The van der Waals surface area contributed by atoms with Crippen molar-refractivity contribution in [2.24, 2.45) is 0 Å². The van der Waals surface area contributed by atoms with E-state index in [1.54, 1.807) is 6.07 Å². The van der Waals surface area contributed by atoms with Gasteiger partial charge in [0.05, 0.1) is 10.2 Å². The van der Waals surface area contributed by atoms with Crippen LogP contribution >= 0.6 is 27.5 Å². The van der Waals surface area contributed by atoms with Gasteiger partial charge < -0.3 is 5.32 Å². The predicted molar refractivity (Wildman–Crippen MR) is 85.5 cm³/mol. The van der Waals surface area contributed by atoms with Crippen LogP contribution in [0.25, 0.3) is 0 Å². The molecule has 1 N–H and O–H groups in total. The van der Waals surface area contributed by atoms with Gasteiger partial charge in [0, 0.05) is 24.4 Å².